The van der Waals surface area contributed by atoms with Crippen LogP contribution in [0.15, 0.2) is 17.1 Å². The van der Waals surface area contributed by atoms with Gasteiger partial charge in [-0.25, -0.2) is 9.18 Å². The van der Waals surface area contributed by atoms with Crippen LogP contribution in [0.3, 0.4) is 0 Å². The molecule has 1 aliphatic heterocycles. The van der Waals surface area contributed by atoms with Crippen molar-refractivity contribution in [2.45, 2.75) is 38.8 Å². The molecular formula is C22H27FN3O4+. The average Bonchev–Trinajstić information content (AvgIpc) is 3.48. The van der Waals surface area contributed by atoms with Gasteiger partial charge in [0.15, 0.2) is 5.78 Å². The summed E-state index contributed by atoms with van der Waals surface area (Å²) in [4.78, 5) is 39.1. The van der Waals surface area contributed by atoms with Gasteiger partial charge in [0.2, 0.25) is 5.43 Å². The highest BCUT2D eigenvalue weighted by Crippen LogP contribution is 2.40. The van der Waals surface area contributed by atoms with E-state index >= 15 is 4.39 Å². The quantitative estimate of drug-likeness (QED) is 0.612. The monoisotopic (exact) mass is 416 g/mol. The first-order valence-corrected chi connectivity index (χ1v) is 10.3. The van der Waals surface area contributed by atoms with Crippen molar-refractivity contribution in [2.75, 3.05) is 38.6 Å². The summed E-state index contributed by atoms with van der Waals surface area (Å²) in [6.07, 6.45) is 2.97. The summed E-state index contributed by atoms with van der Waals surface area (Å²) >= 11 is 0. The molecule has 160 valence electrons. The summed E-state index contributed by atoms with van der Waals surface area (Å²) in [5.41, 5.74) is -0.416. The van der Waals surface area contributed by atoms with Crippen molar-refractivity contribution in [3.8, 4) is 0 Å². The molecule has 1 aliphatic carbocycles. The van der Waals surface area contributed by atoms with Gasteiger partial charge in [0.1, 0.15) is 17.4 Å². The maximum Gasteiger partial charge on any atom is 0.341 e. The number of carbonyl (C=O) groups is 2. The number of hydrogen-bond donors (Lipinski definition) is 1. The van der Waals surface area contributed by atoms with E-state index in [0.29, 0.717) is 18.6 Å². The lowest BCUT2D eigenvalue weighted by Gasteiger charge is -2.45. The number of fused-ring (bicyclic) bond motifs is 1. The second-order valence-electron chi connectivity index (χ2n) is 9.15. The van der Waals surface area contributed by atoms with Gasteiger partial charge in [-0.2, -0.15) is 0 Å². The van der Waals surface area contributed by atoms with E-state index in [0.717, 1.165) is 29.9 Å². The summed E-state index contributed by atoms with van der Waals surface area (Å²) in [6.45, 7) is 5.43. The first kappa shape index (κ1) is 20.5. The standard InChI is InChI=1S/C22H26FN3O4/c1-12-10-24(7-8-26(12,3)4)20-17(23)9-15-19(18(20)13(2)27)25(14-5-6-14)11-16(21(15)28)22(29)30/h9,11-12,14H,5-8,10H2,1-4H3/p+1. The van der Waals surface area contributed by atoms with Crippen LogP contribution in [-0.2, 0) is 0 Å². The number of benzene rings is 1. The number of rotatable bonds is 4. The van der Waals surface area contributed by atoms with E-state index in [1.807, 2.05) is 4.90 Å². The number of halogens is 1. The van der Waals surface area contributed by atoms with Crippen LogP contribution in [0.1, 0.15) is 53.4 Å². The van der Waals surface area contributed by atoms with E-state index in [1.54, 1.807) is 4.57 Å². The summed E-state index contributed by atoms with van der Waals surface area (Å²) in [5.74, 6) is -2.34. The number of hydrogen-bond acceptors (Lipinski definition) is 4. The van der Waals surface area contributed by atoms with Crippen molar-refractivity contribution < 1.29 is 23.6 Å². The minimum atomic E-state index is -1.35. The van der Waals surface area contributed by atoms with Crippen LogP contribution in [-0.4, -0.2) is 65.7 Å². The molecule has 1 N–H and O–H groups in total. The van der Waals surface area contributed by atoms with Gasteiger partial charge in [0, 0.05) is 12.2 Å². The first-order valence-electron chi connectivity index (χ1n) is 10.3. The Bertz CT molecular complexity index is 1130. The van der Waals surface area contributed by atoms with Crippen LogP contribution in [0.4, 0.5) is 10.1 Å². The number of carboxylic acid groups (broad SMARTS) is 1. The smallest absolute Gasteiger partial charge is 0.341 e. The van der Waals surface area contributed by atoms with Crippen LogP contribution in [0.2, 0.25) is 0 Å². The molecule has 30 heavy (non-hydrogen) atoms. The second kappa shape index (κ2) is 6.91. The number of aromatic nitrogens is 1. The Morgan fingerprint density at radius 1 is 1.27 bits per heavy atom. The van der Waals surface area contributed by atoms with Gasteiger partial charge in [0.05, 0.1) is 55.9 Å². The molecule has 1 aromatic carbocycles. The van der Waals surface area contributed by atoms with Gasteiger partial charge in [-0.15, -0.1) is 0 Å². The van der Waals surface area contributed by atoms with Crippen LogP contribution < -0.4 is 10.3 Å². The molecule has 8 heteroatoms. The number of nitrogens with zero attached hydrogens (tertiary/aromatic N) is 3. The van der Waals surface area contributed by atoms with E-state index in [4.69, 9.17) is 0 Å². The van der Waals surface area contributed by atoms with Crippen LogP contribution in [0.25, 0.3) is 10.9 Å². The fourth-order valence-electron chi connectivity index (χ4n) is 4.35. The molecule has 7 nitrogen and oxygen atoms in total. The Kier molecular flexibility index (Phi) is 4.73. The predicted octanol–water partition coefficient (Wildman–Crippen LogP) is 2.66. The Balaban J connectivity index is 2.03. The highest BCUT2D eigenvalue weighted by atomic mass is 19.1. The maximum absolute atomic E-state index is 15.4. The molecule has 1 saturated carbocycles. The molecule has 2 heterocycles. The third kappa shape index (κ3) is 3.19. The zero-order valence-corrected chi connectivity index (χ0v) is 17.7. The summed E-state index contributed by atoms with van der Waals surface area (Å²) < 4.78 is 17.9. The first-order chi connectivity index (χ1) is 14.0. The minimum Gasteiger partial charge on any atom is -0.477 e. The number of ketones is 1. The van der Waals surface area contributed by atoms with E-state index < -0.39 is 22.8 Å². The second-order valence-corrected chi connectivity index (χ2v) is 9.15. The highest BCUT2D eigenvalue weighted by Gasteiger charge is 2.36. The Hall–Kier alpha value is -2.74. The molecule has 1 unspecified atom stereocenters. The third-order valence-corrected chi connectivity index (χ3v) is 6.70. The largest absolute Gasteiger partial charge is 0.477 e. The Morgan fingerprint density at radius 3 is 2.47 bits per heavy atom. The molecule has 1 saturated heterocycles. The number of anilines is 1. The van der Waals surface area contributed by atoms with Crippen LogP contribution in [0.5, 0.6) is 0 Å². The number of Topliss-reactive ketones (excluding diaryl/α,β-unsaturated/α-hetero) is 1. The molecule has 0 radical (unpaired) electrons. The van der Waals surface area contributed by atoms with Gasteiger partial charge in [-0.1, -0.05) is 0 Å². The molecule has 4 rings (SSSR count). The van der Waals surface area contributed by atoms with Gasteiger partial charge in [0.25, 0.3) is 0 Å². The molecule has 2 aliphatic rings. The van der Waals surface area contributed by atoms with Crippen molar-refractivity contribution >= 4 is 28.3 Å². The number of piperazine rings is 1. The molecule has 0 bridgehead atoms. The average molecular weight is 416 g/mol. The number of quaternary nitrogens is 1. The van der Waals surface area contributed by atoms with Crippen molar-refractivity contribution in [2.24, 2.45) is 0 Å². The minimum absolute atomic E-state index is 0.0125. The Labute approximate surface area is 173 Å². The topological polar surface area (TPSA) is 79.6 Å². The predicted molar refractivity (Wildman–Crippen MR) is 112 cm³/mol. The molecule has 1 aromatic heterocycles. The lowest BCUT2D eigenvalue weighted by atomic mass is 9.99. The molecule has 0 amide bonds. The van der Waals surface area contributed by atoms with Crippen LogP contribution >= 0.6 is 0 Å². The number of pyridine rings is 1. The zero-order valence-electron chi connectivity index (χ0n) is 17.7. The van der Waals surface area contributed by atoms with Gasteiger partial charge in [-0.05, 0) is 32.8 Å². The van der Waals surface area contributed by atoms with Crippen molar-refractivity contribution in [3.05, 3.63) is 39.4 Å². The van der Waals surface area contributed by atoms with E-state index in [2.05, 4.69) is 21.0 Å². The van der Waals surface area contributed by atoms with Crippen molar-refractivity contribution in [1.29, 1.82) is 0 Å². The number of carboxylic acids is 1. The number of aromatic carboxylic acids is 1. The van der Waals surface area contributed by atoms with Gasteiger partial charge in [-0.3, -0.25) is 9.59 Å². The lowest BCUT2D eigenvalue weighted by Crippen LogP contribution is -2.60. The Morgan fingerprint density at radius 2 is 1.93 bits per heavy atom. The number of carbonyl (C=O) groups excluding carboxylic acids is 1. The fourth-order valence-corrected chi connectivity index (χ4v) is 4.35. The molecule has 2 fully saturated rings. The molecule has 0 spiro atoms. The van der Waals surface area contributed by atoms with Gasteiger partial charge >= 0.3 is 5.97 Å². The van der Waals surface area contributed by atoms with E-state index in [-0.39, 0.29) is 34.5 Å². The third-order valence-electron chi connectivity index (χ3n) is 6.70. The van der Waals surface area contributed by atoms with Crippen molar-refractivity contribution in [3.63, 3.8) is 0 Å². The van der Waals surface area contributed by atoms with Crippen molar-refractivity contribution in [1.82, 2.24) is 4.57 Å². The number of likely N-dealkylation sites (N-methyl/N-ethyl adjacent to an activating group) is 1. The van der Waals surface area contributed by atoms with E-state index in [9.17, 15) is 19.5 Å². The lowest BCUT2D eigenvalue weighted by molar-refractivity contribution is -0.913. The summed E-state index contributed by atoms with van der Waals surface area (Å²) in [6, 6.07) is 1.36. The fraction of sp³-hybridized carbons (Fsp3) is 0.500. The highest BCUT2D eigenvalue weighted by molar-refractivity contribution is 6.11. The molecular weight excluding hydrogens is 389 g/mol. The summed E-state index contributed by atoms with van der Waals surface area (Å²) in [7, 11) is 4.26. The SMILES string of the molecule is CC(=O)c1c(N2CC[N+](C)(C)C(C)C2)c(F)cc2c(=O)c(C(=O)O)cn(C3CC3)c12. The van der Waals surface area contributed by atoms with Crippen LogP contribution in [0, 0.1) is 5.82 Å². The zero-order chi connectivity index (χ0) is 22.0. The maximum atomic E-state index is 15.4. The normalized spacial score (nSPS) is 21.1. The van der Waals surface area contributed by atoms with Gasteiger partial charge < -0.3 is 19.1 Å². The molecule has 2 aromatic rings. The summed E-state index contributed by atoms with van der Waals surface area (Å²) in [5, 5.41) is 9.41. The molecule has 1 atom stereocenters. The van der Waals surface area contributed by atoms with E-state index in [1.165, 1.54) is 13.1 Å².